The van der Waals surface area contributed by atoms with E-state index in [2.05, 4.69) is 35.6 Å². The first-order chi connectivity index (χ1) is 9.38. The van der Waals surface area contributed by atoms with Gasteiger partial charge in [-0.1, -0.05) is 30.3 Å². The molecule has 0 aromatic heterocycles. The smallest absolute Gasteiger partial charge is 0.0124 e. The molecule has 1 aromatic rings. The second kappa shape index (κ2) is 6.07. The Balaban J connectivity index is 0.00000121. The standard InChI is InChI=1S/C18H25N.ClH/c1-2-4-13(5-3-1)6-7-19-18-16-9-14-8-15(11-16)12-17(18)10-14;/h1-5,14-19H,6-12H2;1H. The molecule has 0 spiro atoms. The molecule has 0 heterocycles. The minimum atomic E-state index is 0. The zero-order valence-corrected chi connectivity index (χ0v) is 12.9. The van der Waals surface area contributed by atoms with Crippen molar-refractivity contribution in [3.05, 3.63) is 35.9 Å². The van der Waals surface area contributed by atoms with Crippen molar-refractivity contribution in [2.45, 2.75) is 44.6 Å². The highest BCUT2D eigenvalue weighted by atomic mass is 35.5. The highest BCUT2D eigenvalue weighted by molar-refractivity contribution is 5.85. The van der Waals surface area contributed by atoms with Gasteiger partial charge in [-0.15, -0.1) is 12.4 Å². The molecule has 1 aromatic carbocycles. The summed E-state index contributed by atoms with van der Waals surface area (Å²) in [5, 5.41) is 3.91. The predicted molar refractivity (Wildman–Crippen MR) is 86.2 cm³/mol. The zero-order valence-electron chi connectivity index (χ0n) is 12.1. The second-order valence-electron chi connectivity index (χ2n) is 7.15. The molecule has 4 fully saturated rings. The van der Waals surface area contributed by atoms with Crippen molar-refractivity contribution in [1.82, 2.24) is 5.32 Å². The number of nitrogens with one attached hydrogen (secondary N) is 1. The minimum absolute atomic E-state index is 0. The fourth-order valence-corrected chi connectivity index (χ4v) is 5.29. The van der Waals surface area contributed by atoms with Crippen molar-refractivity contribution in [2.75, 3.05) is 6.54 Å². The highest BCUT2D eigenvalue weighted by Crippen LogP contribution is 2.53. The third-order valence-electron chi connectivity index (χ3n) is 5.86. The third kappa shape index (κ3) is 2.76. The van der Waals surface area contributed by atoms with Gasteiger partial charge in [-0.25, -0.2) is 0 Å². The van der Waals surface area contributed by atoms with Crippen LogP contribution in [0.4, 0.5) is 0 Å². The topological polar surface area (TPSA) is 12.0 Å². The average Bonchev–Trinajstić information content (AvgIpc) is 2.42. The zero-order chi connectivity index (χ0) is 12.7. The van der Waals surface area contributed by atoms with Crippen LogP contribution in [0.5, 0.6) is 0 Å². The maximum absolute atomic E-state index is 3.91. The molecule has 110 valence electrons. The van der Waals surface area contributed by atoms with E-state index in [0.29, 0.717) is 0 Å². The summed E-state index contributed by atoms with van der Waals surface area (Å²) in [6, 6.07) is 11.7. The van der Waals surface area contributed by atoms with Gasteiger partial charge >= 0.3 is 0 Å². The first-order valence-corrected chi connectivity index (χ1v) is 8.16. The van der Waals surface area contributed by atoms with Gasteiger partial charge in [0.15, 0.2) is 0 Å². The van der Waals surface area contributed by atoms with Crippen molar-refractivity contribution < 1.29 is 0 Å². The number of hydrogen-bond donors (Lipinski definition) is 1. The third-order valence-corrected chi connectivity index (χ3v) is 5.86. The maximum Gasteiger partial charge on any atom is 0.0124 e. The molecule has 4 saturated carbocycles. The van der Waals surface area contributed by atoms with Crippen LogP contribution in [-0.2, 0) is 6.42 Å². The van der Waals surface area contributed by atoms with Crippen LogP contribution in [0.3, 0.4) is 0 Å². The molecule has 0 atom stereocenters. The fourth-order valence-electron chi connectivity index (χ4n) is 5.29. The van der Waals surface area contributed by atoms with Gasteiger partial charge in [-0.3, -0.25) is 0 Å². The lowest BCUT2D eigenvalue weighted by Gasteiger charge is -2.54. The SMILES string of the molecule is Cl.c1ccc(CCNC2C3CC4CC(C3)CC2C4)cc1. The fraction of sp³-hybridized carbons (Fsp3) is 0.667. The molecule has 2 heteroatoms. The van der Waals surface area contributed by atoms with E-state index in [1.165, 1.54) is 37.7 Å². The van der Waals surface area contributed by atoms with Crippen LogP contribution in [0.2, 0.25) is 0 Å². The molecule has 0 aliphatic heterocycles. The summed E-state index contributed by atoms with van der Waals surface area (Å²) in [6.45, 7) is 1.16. The Morgan fingerprint density at radius 3 is 2.05 bits per heavy atom. The summed E-state index contributed by atoms with van der Waals surface area (Å²) in [5.41, 5.74) is 1.47. The minimum Gasteiger partial charge on any atom is -0.313 e. The number of benzene rings is 1. The summed E-state index contributed by atoms with van der Waals surface area (Å²) in [7, 11) is 0. The highest BCUT2D eigenvalue weighted by Gasteiger charge is 2.47. The van der Waals surface area contributed by atoms with Crippen LogP contribution in [0, 0.1) is 23.7 Å². The lowest BCUT2D eigenvalue weighted by molar-refractivity contribution is -0.0133. The quantitative estimate of drug-likeness (QED) is 0.882. The van der Waals surface area contributed by atoms with E-state index in [0.717, 1.165) is 36.3 Å². The molecule has 4 bridgehead atoms. The molecule has 1 N–H and O–H groups in total. The molecule has 0 radical (unpaired) electrons. The summed E-state index contributed by atoms with van der Waals surface area (Å²) in [4.78, 5) is 0. The van der Waals surface area contributed by atoms with Gasteiger partial charge in [0.1, 0.15) is 0 Å². The molecule has 1 nitrogen and oxygen atoms in total. The number of halogens is 1. The molecule has 4 aliphatic rings. The summed E-state index contributed by atoms with van der Waals surface area (Å²) >= 11 is 0. The predicted octanol–water partition coefficient (Wildman–Crippen LogP) is 4.07. The molecule has 5 rings (SSSR count). The second-order valence-corrected chi connectivity index (χ2v) is 7.15. The molecule has 4 aliphatic carbocycles. The van der Waals surface area contributed by atoms with Crippen molar-refractivity contribution in [1.29, 1.82) is 0 Å². The Morgan fingerprint density at radius 1 is 0.850 bits per heavy atom. The van der Waals surface area contributed by atoms with Gasteiger partial charge in [-0.2, -0.15) is 0 Å². The number of hydrogen-bond acceptors (Lipinski definition) is 1. The van der Waals surface area contributed by atoms with Crippen LogP contribution in [0.25, 0.3) is 0 Å². The van der Waals surface area contributed by atoms with E-state index < -0.39 is 0 Å². The van der Waals surface area contributed by atoms with Crippen LogP contribution < -0.4 is 5.32 Å². The Labute approximate surface area is 128 Å². The largest absolute Gasteiger partial charge is 0.313 e. The van der Waals surface area contributed by atoms with Crippen LogP contribution in [0.15, 0.2) is 30.3 Å². The van der Waals surface area contributed by atoms with Crippen LogP contribution in [-0.4, -0.2) is 12.6 Å². The van der Waals surface area contributed by atoms with E-state index in [1.54, 1.807) is 6.42 Å². The van der Waals surface area contributed by atoms with E-state index in [-0.39, 0.29) is 12.4 Å². The van der Waals surface area contributed by atoms with Gasteiger partial charge in [-0.05, 0) is 74.3 Å². The maximum atomic E-state index is 3.91. The van der Waals surface area contributed by atoms with Crippen molar-refractivity contribution in [3.8, 4) is 0 Å². The monoisotopic (exact) mass is 291 g/mol. The van der Waals surface area contributed by atoms with E-state index in [4.69, 9.17) is 0 Å². The molecule has 0 unspecified atom stereocenters. The van der Waals surface area contributed by atoms with Crippen molar-refractivity contribution >= 4 is 12.4 Å². The summed E-state index contributed by atoms with van der Waals surface area (Å²) in [6.07, 6.45) is 8.84. The summed E-state index contributed by atoms with van der Waals surface area (Å²) in [5.74, 6) is 4.20. The first-order valence-electron chi connectivity index (χ1n) is 8.16. The van der Waals surface area contributed by atoms with E-state index in [1.807, 2.05) is 0 Å². The molecule has 20 heavy (non-hydrogen) atoms. The van der Waals surface area contributed by atoms with Crippen molar-refractivity contribution in [2.24, 2.45) is 23.7 Å². The molecule has 0 saturated heterocycles. The normalized spacial score (nSPS) is 37.7. The lowest BCUT2D eigenvalue weighted by atomic mass is 9.54. The van der Waals surface area contributed by atoms with Crippen LogP contribution in [0.1, 0.15) is 37.7 Å². The van der Waals surface area contributed by atoms with Gasteiger partial charge in [0.05, 0.1) is 0 Å². The Hall–Kier alpha value is -0.530. The van der Waals surface area contributed by atoms with Gasteiger partial charge in [0, 0.05) is 6.04 Å². The van der Waals surface area contributed by atoms with E-state index in [9.17, 15) is 0 Å². The van der Waals surface area contributed by atoms with Gasteiger partial charge in [0.25, 0.3) is 0 Å². The summed E-state index contributed by atoms with van der Waals surface area (Å²) < 4.78 is 0. The molecular formula is C18H26ClN. The van der Waals surface area contributed by atoms with Gasteiger partial charge < -0.3 is 5.32 Å². The number of rotatable bonds is 4. The Bertz CT molecular complexity index is 402. The molecule has 0 amide bonds. The first kappa shape index (κ1) is 14.4. The Kier molecular flexibility index (Phi) is 4.37. The molecular weight excluding hydrogens is 266 g/mol. The van der Waals surface area contributed by atoms with Crippen molar-refractivity contribution in [3.63, 3.8) is 0 Å². The lowest BCUT2D eigenvalue weighted by Crippen LogP contribution is -2.54. The average molecular weight is 292 g/mol. The Morgan fingerprint density at radius 2 is 1.45 bits per heavy atom. The van der Waals surface area contributed by atoms with E-state index >= 15 is 0 Å². The van der Waals surface area contributed by atoms with Gasteiger partial charge in [0.2, 0.25) is 0 Å². The van der Waals surface area contributed by atoms with Crippen LogP contribution >= 0.6 is 12.4 Å².